The number of non-ortho nitro benzene ring substituents is 1. The van der Waals surface area contributed by atoms with Crippen LogP contribution in [0.3, 0.4) is 0 Å². The molecule has 0 amide bonds. The first-order valence-electron chi connectivity index (χ1n) is 6.08. The van der Waals surface area contributed by atoms with E-state index in [9.17, 15) is 14.9 Å². The van der Waals surface area contributed by atoms with Gasteiger partial charge in [-0.25, -0.2) is 4.98 Å². The summed E-state index contributed by atoms with van der Waals surface area (Å²) < 4.78 is 1.28. The van der Waals surface area contributed by atoms with Crippen LogP contribution in [-0.4, -0.2) is 14.5 Å². The summed E-state index contributed by atoms with van der Waals surface area (Å²) in [5.41, 5.74) is 0.398. The fraction of sp³-hybridized carbons (Fsp3) is 0. The molecule has 1 aromatic heterocycles. The Morgan fingerprint density at radius 3 is 2.45 bits per heavy atom. The van der Waals surface area contributed by atoms with Crippen LogP contribution in [0.25, 0.3) is 16.6 Å². The minimum Gasteiger partial charge on any atom is -0.268 e. The average Bonchev–Trinajstić information content (AvgIpc) is 2.48. The largest absolute Gasteiger partial charge is 0.269 e. The summed E-state index contributed by atoms with van der Waals surface area (Å²) in [5, 5.41) is 11.6. The molecule has 0 bridgehead atoms. The van der Waals surface area contributed by atoms with Crippen molar-refractivity contribution in [2.45, 2.75) is 0 Å². The second kappa shape index (κ2) is 5.40. The minimum atomic E-state index is -0.509. The van der Waals surface area contributed by atoms with Crippen molar-refractivity contribution in [3.63, 3.8) is 0 Å². The highest BCUT2D eigenvalue weighted by molar-refractivity contribution is 6.38. The van der Waals surface area contributed by atoms with Crippen molar-refractivity contribution in [1.82, 2.24) is 9.55 Å². The van der Waals surface area contributed by atoms with Crippen LogP contribution in [0.15, 0.2) is 47.5 Å². The number of hydrogen-bond acceptors (Lipinski definition) is 4. The van der Waals surface area contributed by atoms with E-state index < -0.39 is 4.92 Å². The third kappa shape index (κ3) is 2.43. The summed E-state index contributed by atoms with van der Waals surface area (Å²) in [6, 6.07) is 8.57. The van der Waals surface area contributed by atoms with E-state index in [1.54, 1.807) is 0 Å². The molecule has 0 fully saturated rings. The van der Waals surface area contributed by atoms with Crippen molar-refractivity contribution in [2.24, 2.45) is 0 Å². The maximum absolute atomic E-state index is 12.5. The van der Waals surface area contributed by atoms with Gasteiger partial charge in [0.2, 0.25) is 0 Å². The molecule has 0 atom stereocenters. The molecule has 6 nitrogen and oxygen atoms in total. The Kier molecular flexibility index (Phi) is 3.56. The normalized spacial score (nSPS) is 10.8. The summed E-state index contributed by atoms with van der Waals surface area (Å²) in [6.07, 6.45) is 1.33. The first kappa shape index (κ1) is 14.5. The van der Waals surface area contributed by atoms with Crippen molar-refractivity contribution in [3.05, 3.63) is 73.2 Å². The van der Waals surface area contributed by atoms with Crippen molar-refractivity contribution < 1.29 is 4.92 Å². The number of fused-ring (bicyclic) bond motifs is 1. The van der Waals surface area contributed by atoms with Gasteiger partial charge in [0.15, 0.2) is 0 Å². The highest BCUT2D eigenvalue weighted by Crippen LogP contribution is 2.24. The van der Waals surface area contributed by atoms with Crippen molar-refractivity contribution >= 4 is 39.8 Å². The van der Waals surface area contributed by atoms with Gasteiger partial charge in [-0.15, -0.1) is 0 Å². The monoisotopic (exact) mass is 335 g/mol. The highest BCUT2D eigenvalue weighted by Gasteiger charge is 2.11. The molecular formula is C14H7Cl2N3O3. The Balaban J connectivity index is 2.22. The molecule has 0 aliphatic rings. The van der Waals surface area contributed by atoms with Crippen LogP contribution in [0, 0.1) is 10.1 Å². The predicted molar refractivity (Wildman–Crippen MR) is 84.0 cm³/mol. The number of nitrogens with zero attached hydrogens (tertiary/aromatic N) is 3. The Morgan fingerprint density at radius 2 is 1.82 bits per heavy atom. The van der Waals surface area contributed by atoms with Crippen LogP contribution in [-0.2, 0) is 0 Å². The highest BCUT2D eigenvalue weighted by atomic mass is 35.5. The van der Waals surface area contributed by atoms with Gasteiger partial charge in [-0.05, 0) is 24.3 Å². The Hall–Kier alpha value is -2.44. The van der Waals surface area contributed by atoms with E-state index in [2.05, 4.69) is 4.98 Å². The average molecular weight is 336 g/mol. The van der Waals surface area contributed by atoms with Gasteiger partial charge in [0.05, 0.1) is 26.5 Å². The van der Waals surface area contributed by atoms with Gasteiger partial charge in [-0.1, -0.05) is 23.2 Å². The summed E-state index contributed by atoms with van der Waals surface area (Å²) in [6.45, 7) is 0. The second-order valence-electron chi connectivity index (χ2n) is 4.48. The molecule has 8 heteroatoms. The molecule has 0 aliphatic carbocycles. The van der Waals surface area contributed by atoms with Crippen molar-refractivity contribution in [2.75, 3.05) is 0 Å². The zero-order valence-corrected chi connectivity index (χ0v) is 12.4. The standard InChI is InChI=1S/C14H7Cl2N3O3/c15-8-5-11-13(12(16)6-8)17-7-18(14(11)20)9-1-3-10(4-2-9)19(21)22/h1-7H. The number of benzene rings is 2. The van der Waals surface area contributed by atoms with Crippen LogP contribution in [0.4, 0.5) is 5.69 Å². The summed E-state index contributed by atoms with van der Waals surface area (Å²) >= 11 is 11.9. The molecule has 3 rings (SSSR count). The third-order valence-electron chi connectivity index (χ3n) is 3.12. The molecule has 0 saturated heterocycles. The molecule has 0 spiro atoms. The van der Waals surface area contributed by atoms with Crippen LogP contribution in [0.1, 0.15) is 0 Å². The lowest BCUT2D eigenvalue weighted by molar-refractivity contribution is -0.384. The molecule has 0 radical (unpaired) electrons. The molecule has 0 N–H and O–H groups in total. The molecule has 3 aromatic rings. The number of nitro groups is 1. The van der Waals surface area contributed by atoms with Gasteiger partial charge < -0.3 is 0 Å². The van der Waals surface area contributed by atoms with Gasteiger partial charge >= 0.3 is 0 Å². The molecule has 1 heterocycles. The molecular weight excluding hydrogens is 329 g/mol. The Morgan fingerprint density at radius 1 is 1.14 bits per heavy atom. The topological polar surface area (TPSA) is 78.0 Å². The molecule has 110 valence electrons. The quantitative estimate of drug-likeness (QED) is 0.529. The lowest BCUT2D eigenvalue weighted by Crippen LogP contribution is -2.18. The number of rotatable bonds is 2. The number of halogens is 2. The second-order valence-corrected chi connectivity index (χ2v) is 5.32. The number of nitro benzene ring substituents is 1. The van der Waals surface area contributed by atoms with Crippen LogP contribution in [0.2, 0.25) is 10.0 Å². The zero-order chi connectivity index (χ0) is 15.9. The summed E-state index contributed by atoms with van der Waals surface area (Å²) in [5.74, 6) is 0. The first-order valence-corrected chi connectivity index (χ1v) is 6.84. The predicted octanol–water partition coefficient (Wildman–Crippen LogP) is 3.60. The SMILES string of the molecule is O=c1c2cc(Cl)cc(Cl)c2ncn1-c1ccc([N+](=O)[O-])cc1. The fourth-order valence-electron chi connectivity index (χ4n) is 2.08. The third-order valence-corrected chi connectivity index (χ3v) is 3.62. The molecule has 0 unspecified atom stereocenters. The van der Waals surface area contributed by atoms with E-state index in [4.69, 9.17) is 23.2 Å². The van der Waals surface area contributed by atoms with Gasteiger partial charge in [0.25, 0.3) is 11.2 Å². The number of hydrogen-bond donors (Lipinski definition) is 0. The van der Waals surface area contributed by atoms with Gasteiger partial charge in [-0.2, -0.15) is 0 Å². The van der Waals surface area contributed by atoms with E-state index in [0.29, 0.717) is 16.2 Å². The first-order chi connectivity index (χ1) is 10.5. The lowest BCUT2D eigenvalue weighted by atomic mass is 10.2. The Bertz CT molecular complexity index is 952. The van der Waals surface area contributed by atoms with Crippen molar-refractivity contribution in [3.8, 4) is 5.69 Å². The van der Waals surface area contributed by atoms with Crippen LogP contribution >= 0.6 is 23.2 Å². The van der Waals surface area contributed by atoms with E-state index in [1.807, 2.05) is 0 Å². The molecule has 0 saturated carbocycles. The van der Waals surface area contributed by atoms with E-state index in [0.717, 1.165) is 0 Å². The van der Waals surface area contributed by atoms with Crippen LogP contribution < -0.4 is 5.56 Å². The van der Waals surface area contributed by atoms with Gasteiger partial charge in [0.1, 0.15) is 6.33 Å². The van der Waals surface area contributed by atoms with Gasteiger partial charge in [-0.3, -0.25) is 19.5 Å². The molecule has 0 aliphatic heterocycles. The van der Waals surface area contributed by atoms with Gasteiger partial charge in [0, 0.05) is 17.2 Å². The smallest absolute Gasteiger partial charge is 0.268 e. The lowest BCUT2D eigenvalue weighted by Gasteiger charge is -2.07. The summed E-state index contributed by atoms with van der Waals surface area (Å²) in [4.78, 5) is 26.8. The van der Waals surface area contributed by atoms with E-state index in [1.165, 1.54) is 47.3 Å². The van der Waals surface area contributed by atoms with E-state index >= 15 is 0 Å². The van der Waals surface area contributed by atoms with E-state index in [-0.39, 0.29) is 21.7 Å². The fourth-order valence-corrected chi connectivity index (χ4v) is 2.62. The summed E-state index contributed by atoms with van der Waals surface area (Å²) in [7, 11) is 0. The zero-order valence-electron chi connectivity index (χ0n) is 10.9. The molecule has 2 aromatic carbocycles. The Labute approximate surface area is 133 Å². The van der Waals surface area contributed by atoms with Crippen LogP contribution in [0.5, 0.6) is 0 Å². The molecule has 22 heavy (non-hydrogen) atoms. The maximum atomic E-state index is 12.5. The minimum absolute atomic E-state index is 0.0587. The maximum Gasteiger partial charge on any atom is 0.269 e. The number of aromatic nitrogens is 2. The van der Waals surface area contributed by atoms with Crippen molar-refractivity contribution in [1.29, 1.82) is 0 Å².